The van der Waals surface area contributed by atoms with Gasteiger partial charge in [0, 0.05) is 17.0 Å². The van der Waals surface area contributed by atoms with Gasteiger partial charge in [0.05, 0.1) is 28.3 Å². The molecule has 0 saturated carbocycles. The molecule has 0 aliphatic carbocycles. The van der Waals surface area contributed by atoms with Crippen molar-refractivity contribution >= 4 is 74.3 Å². The number of esters is 1. The number of carbonyl (C=O) groups excluding carboxylic acids is 2. The van der Waals surface area contributed by atoms with Crippen LogP contribution in [0.2, 0.25) is 5.02 Å². The van der Waals surface area contributed by atoms with Crippen molar-refractivity contribution in [2.45, 2.75) is 0 Å². The number of hydrogen-bond acceptors (Lipinski definition) is 6. The predicted molar refractivity (Wildman–Crippen MR) is 140 cm³/mol. The van der Waals surface area contributed by atoms with Crippen LogP contribution >= 0.6 is 35.6 Å². The van der Waals surface area contributed by atoms with Gasteiger partial charge in [-0.1, -0.05) is 72.0 Å². The smallest absolute Gasteiger partial charge is 0.339 e. The zero-order valence-electron chi connectivity index (χ0n) is 17.8. The molecular formula is C26H16ClNO4S2. The molecule has 0 spiro atoms. The number of hydrogen-bond donors (Lipinski definition) is 0. The zero-order valence-corrected chi connectivity index (χ0v) is 20.2. The third-order valence-corrected chi connectivity index (χ3v) is 6.99. The number of rotatable bonds is 4. The van der Waals surface area contributed by atoms with Crippen LogP contribution in [0.3, 0.4) is 0 Å². The fourth-order valence-electron chi connectivity index (χ4n) is 3.74. The second-order valence-corrected chi connectivity index (χ2v) is 9.49. The van der Waals surface area contributed by atoms with Crippen molar-refractivity contribution in [3.8, 4) is 11.3 Å². The highest BCUT2D eigenvalue weighted by atomic mass is 35.5. The minimum Gasteiger partial charge on any atom is -0.465 e. The second kappa shape index (κ2) is 9.10. The summed E-state index contributed by atoms with van der Waals surface area (Å²) >= 11 is 12.9. The topological polar surface area (TPSA) is 59.8 Å². The number of methoxy groups -OCH3 is 1. The Kier molecular flexibility index (Phi) is 6.00. The first-order chi connectivity index (χ1) is 16.5. The molecule has 1 aliphatic rings. The Morgan fingerprint density at radius 2 is 1.88 bits per heavy atom. The summed E-state index contributed by atoms with van der Waals surface area (Å²) in [6.07, 6.45) is 1.67. The number of thiocarbonyl (C=S) groups is 1. The van der Waals surface area contributed by atoms with Crippen molar-refractivity contribution in [3.63, 3.8) is 0 Å². The molecule has 0 N–H and O–H groups in total. The van der Waals surface area contributed by atoms with Crippen LogP contribution in [0.15, 0.2) is 82.1 Å². The molecule has 0 unspecified atom stereocenters. The molecule has 168 valence electrons. The Hall–Kier alpha value is -3.39. The monoisotopic (exact) mass is 505 g/mol. The minimum absolute atomic E-state index is 0.205. The molecule has 0 atom stereocenters. The Balaban J connectivity index is 1.45. The number of benzene rings is 3. The third kappa shape index (κ3) is 4.03. The summed E-state index contributed by atoms with van der Waals surface area (Å²) in [4.78, 5) is 27.2. The molecule has 1 saturated heterocycles. The fraction of sp³-hybridized carbons (Fsp3) is 0.0385. The number of ether oxygens (including phenoxy) is 1. The van der Waals surface area contributed by atoms with E-state index in [-0.39, 0.29) is 11.5 Å². The largest absolute Gasteiger partial charge is 0.465 e. The number of nitrogens with zero attached hydrogens (tertiary/aromatic N) is 1. The quantitative estimate of drug-likeness (QED) is 0.170. The Labute approximate surface area is 209 Å². The van der Waals surface area contributed by atoms with Gasteiger partial charge in [-0.15, -0.1) is 0 Å². The number of thioether (sulfide) groups is 1. The van der Waals surface area contributed by atoms with Crippen molar-refractivity contribution < 1.29 is 18.7 Å². The molecule has 5 rings (SSSR count). The highest BCUT2D eigenvalue weighted by Gasteiger charge is 2.34. The number of furan rings is 1. The molecule has 3 aromatic carbocycles. The van der Waals surface area contributed by atoms with Crippen LogP contribution in [0.5, 0.6) is 0 Å². The maximum absolute atomic E-state index is 13.3. The van der Waals surface area contributed by atoms with Crippen LogP contribution in [-0.4, -0.2) is 23.3 Å². The maximum atomic E-state index is 13.3. The van der Waals surface area contributed by atoms with E-state index in [1.807, 2.05) is 42.5 Å². The highest BCUT2D eigenvalue weighted by Crippen LogP contribution is 2.39. The Bertz CT molecular complexity index is 1500. The van der Waals surface area contributed by atoms with E-state index >= 15 is 0 Å². The summed E-state index contributed by atoms with van der Waals surface area (Å²) < 4.78 is 11.2. The lowest BCUT2D eigenvalue weighted by Gasteiger charge is -2.17. The molecule has 2 heterocycles. The second-order valence-electron chi connectivity index (χ2n) is 7.40. The number of halogens is 1. The molecule has 1 aliphatic heterocycles. The van der Waals surface area contributed by atoms with E-state index in [2.05, 4.69) is 0 Å². The maximum Gasteiger partial charge on any atom is 0.339 e. The predicted octanol–water partition coefficient (Wildman–Crippen LogP) is 6.95. The Morgan fingerprint density at radius 1 is 1.09 bits per heavy atom. The van der Waals surface area contributed by atoms with E-state index in [9.17, 15) is 9.59 Å². The number of carbonyl (C=O) groups is 2. The molecule has 0 radical (unpaired) electrons. The van der Waals surface area contributed by atoms with Crippen LogP contribution in [0.25, 0.3) is 28.2 Å². The van der Waals surface area contributed by atoms with Gasteiger partial charge in [0.15, 0.2) is 4.32 Å². The van der Waals surface area contributed by atoms with Crippen LogP contribution in [0.1, 0.15) is 16.1 Å². The highest BCUT2D eigenvalue weighted by molar-refractivity contribution is 8.27. The number of fused-ring (bicyclic) bond motifs is 1. The summed E-state index contributed by atoms with van der Waals surface area (Å²) in [5.74, 6) is 0.278. The van der Waals surface area contributed by atoms with Crippen LogP contribution in [0, 0.1) is 0 Å². The molecule has 1 aromatic heterocycles. The van der Waals surface area contributed by atoms with E-state index in [0.717, 1.165) is 16.5 Å². The first-order valence-corrected chi connectivity index (χ1v) is 11.8. The van der Waals surface area contributed by atoms with Gasteiger partial charge in [-0.2, -0.15) is 0 Å². The molecule has 1 amide bonds. The summed E-state index contributed by atoms with van der Waals surface area (Å²) in [6, 6.07) is 22.2. The van der Waals surface area contributed by atoms with Gasteiger partial charge in [0.1, 0.15) is 11.5 Å². The van der Waals surface area contributed by atoms with Crippen molar-refractivity contribution in [2.75, 3.05) is 12.0 Å². The minimum atomic E-state index is -0.532. The van der Waals surface area contributed by atoms with Crippen molar-refractivity contribution in [2.24, 2.45) is 0 Å². The molecular weight excluding hydrogens is 490 g/mol. The van der Waals surface area contributed by atoms with E-state index in [4.69, 9.17) is 33.0 Å². The molecule has 4 aromatic rings. The molecule has 0 bridgehead atoms. The van der Waals surface area contributed by atoms with Gasteiger partial charge >= 0.3 is 5.97 Å². The Morgan fingerprint density at radius 3 is 2.71 bits per heavy atom. The summed E-state index contributed by atoms with van der Waals surface area (Å²) in [5, 5.41) is 2.27. The molecule has 1 fully saturated rings. The zero-order chi connectivity index (χ0) is 23.8. The van der Waals surface area contributed by atoms with Gasteiger partial charge in [0.2, 0.25) is 0 Å². The molecule has 34 heavy (non-hydrogen) atoms. The normalized spacial score (nSPS) is 14.9. The first kappa shape index (κ1) is 22.4. The standard InChI is InChI=1S/C26H16ClNO4S2/c1-31-25(30)19-13-16(9-11-20(19)27)22-12-10-17(32-22)14-23-24(29)28(26(33)34-23)21-8-4-6-15-5-2-3-7-18(15)21/h2-14H,1H3/b23-14-. The van der Waals surface area contributed by atoms with Crippen molar-refractivity contribution in [1.29, 1.82) is 0 Å². The van der Waals surface area contributed by atoms with E-state index < -0.39 is 5.97 Å². The van der Waals surface area contributed by atoms with E-state index in [0.29, 0.717) is 31.3 Å². The number of amides is 1. The van der Waals surface area contributed by atoms with Crippen molar-refractivity contribution in [3.05, 3.63) is 94.0 Å². The van der Waals surface area contributed by atoms with Crippen LogP contribution in [0.4, 0.5) is 5.69 Å². The van der Waals surface area contributed by atoms with E-state index in [1.54, 1.807) is 41.3 Å². The lowest BCUT2D eigenvalue weighted by molar-refractivity contribution is -0.113. The van der Waals surface area contributed by atoms with Gasteiger partial charge < -0.3 is 9.15 Å². The van der Waals surface area contributed by atoms with Crippen molar-refractivity contribution in [1.82, 2.24) is 0 Å². The fourth-order valence-corrected chi connectivity index (χ4v) is 5.20. The number of anilines is 1. The molecule has 5 nitrogen and oxygen atoms in total. The third-order valence-electron chi connectivity index (χ3n) is 5.36. The average molecular weight is 506 g/mol. The van der Waals surface area contributed by atoms with E-state index in [1.165, 1.54) is 18.9 Å². The summed E-state index contributed by atoms with van der Waals surface area (Å²) in [5.41, 5.74) is 1.66. The lowest BCUT2D eigenvalue weighted by atomic mass is 10.1. The first-order valence-electron chi connectivity index (χ1n) is 10.2. The lowest BCUT2D eigenvalue weighted by Crippen LogP contribution is -2.27. The van der Waals surface area contributed by atoms with Gasteiger partial charge in [0.25, 0.3) is 5.91 Å². The van der Waals surface area contributed by atoms with Crippen LogP contribution < -0.4 is 4.90 Å². The van der Waals surface area contributed by atoms with Gasteiger partial charge in [-0.25, -0.2) is 4.79 Å². The summed E-state index contributed by atoms with van der Waals surface area (Å²) in [7, 11) is 1.30. The van der Waals surface area contributed by atoms with Gasteiger partial charge in [-0.05, 0) is 41.8 Å². The SMILES string of the molecule is COC(=O)c1cc(-c2ccc(/C=C3\SC(=S)N(c4cccc5ccccc45)C3=O)o2)ccc1Cl. The van der Waals surface area contributed by atoms with Gasteiger partial charge in [-0.3, -0.25) is 9.69 Å². The summed E-state index contributed by atoms with van der Waals surface area (Å²) in [6.45, 7) is 0. The average Bonchev–Trinajstić information content (AvgIpc) is 3.42. The molecule has 8 heteroatoms. The van der Waals surface area contributed by atoms with Crippen LogP contribution in [-0.2, 0) is 9.53 Å².